The van der Waals surface area contributed by atoms with Crippen LogP contribution in [0, 0.1) is 12.2 Å². The summed E-state index contributed by atoms with van der Waals surface area (Å²) >= 11 is 0. The first kappa shape index (κ1) is 22.3. The first-order chi connectivity index (χ1) is 7.00. The number of rotatable bonds is 0. The smallest absolute Gasteiger partial charge is 1.00 e. The minimum Gasteiger partial charge on any atom is -1.00 e. The van der Waals surface area contributed by atoms with Gasteiger partial charge in [0.15, 0.2) is 0 Å². The number of aliphatic hydroxyl groups is 1. The van der Waals surface area contributed by atoms with Gasteiger partial charge >= 0.3 is 26.2 Å². The average molecular weight is 331 g/mol. The zero-order valence-electron chi connectivity index (χ0n) is 10.7. The summed E-state index contributed by atoms with van der Waals surface area (Å²) in [6, 6.07) is 0. The van der Waals surface area contributed by atoms with Gasteiger partial charge < -0.3 is 17.5 Å². The van der Waals surface area contributed by atoms with Gasteiger partial charge in [-0.2, -0.15) is 12.2 Å². The minimum absolute atomic E-state index is 0. The summed E-state index contributed by atoms with van der Waals surface area (Å²) in [6.45, 7) is 5.23. The summed E-state index contributed by atoms with van der Waals surface area (Å²) < 4.78 is 0. The SMILES string of the molecule is CC(C)(C)O.[C-]1=CC=CC1.[C-]1=CC=CC1.[Cl-].[Zr+3]. The monoisotopic (exact) mass is 329 g/mol. The molecule has 2 rings (SSSR count). The van der Waals surface area contributed by atoms with E-state index in [-0.39, 0.29) is 38.6 Å². The third-order valence-corrected chi connectivity index (χ3v) is 1.17. The summed E-state index contributed by atoms with van der Waals surface area (Å²) in [4.78, 5) is 0. The van der Waals surface area contributed by atoms with E-state index in [1.54, 1.807) is 20.8 Å². The molecule has 0 heterocycles. The third kappa shape index (κ3) is 31.4. The maximum Gasteiger partial charge on any atom is 3.00 e. The molecule has 1 radical (unpaired) electrons. The molecule has 2 aliphatic carbocycles. The van der Waals surface area contributed by atoms with Crippen LogP contribution >= 0.6 is 0 Å². The second kappa shape index (κ2) is 14.2. The topological polar surface area (TPSA) is 20.2 Å². The second-order valence-corrected chi connectivity index (χ2v) is 4.18. The molecule has 3 heteroatoms. The Labute approximate surface area is 131 Å². The first-order valence-corrected chi connectivity index (χ1v) is 5.16. The van der Waals surface area contributed by atoms with Crippen molar-refractivity contribution in [1.29, 1.82) is 0 Å². The number of halogens is 1. The molecular weight excluding hydrogens is 311 g/mol. The Kier molecular flexibility index (Phi) is 18.6. The summed E-state index contributed by atoms with van der Waals surface area (Å²) in [5.74, 6) is 0. The molecule has 0 saturated heterocycles. The molecule has 0 aromatic rings. The fourth-order valence-electron chi connectivity index (χ4n) is 0.680. The Morgan fingerprint density at radius 3 is 1.29 bits per heavy atom. The van der Waals surface area contributed by atoms with Crippen LogP contribution in [0.15, 0.2) is 36.5 Å². The summed E-state index contributed by atoms with van der Waals surface area (Å²) in [5.41, 5.74) is -0.500. The summed E-state index contributed by atoms with van der Waals surface area (Å²) in [7, 11) is 0. The molecule has 0 atom stereocenters. The van der Waals surface area contributed by atoms with E-state index in [1.165, 1.54) is 0 Å². The van der Waals surface area contributed by atoms with E-state index < -0.39 is 5.60 Å². The molecule has 0 unspecified atom stereocenters. The number of hydrogen-bond donors (Lipinski definition) is 1. The van der Waals surface area contributed by atoms with Gasteiger partial charge in [-0.15, -0.1) is 12.8 Å². The van der Waals surface area contributed by atoms with Gasteiger partial charge in [0, 0.05) is 0 Å². The van der Waals surface area contributed by atoms with E-state index in [4.69, 9.17) is 5.11 Å². The van der Waals surface area contributed by atoms with Crippen LogP contribution in [0.3, 0.4) is 0 Å². The van der Waals surface area contributed by atoms with Crippen LogP contribution in [0.1, 0.15) is 33.6 Å². The van der Waals surface area contributed by atoms with E-state index in [0.29, 0.717) is 0 Å². The molecule has 0 fully saturated rings. The van der Waals surface area contributed by atoms with Crippen LogP contribution in [-0.2, 0) is 26.2 Å². The zero-order chi connectivity index (χ0) is 11.6. The van der Waals surface area contributed by atoms with Gasteiger partial charge in [-0.1, -0.05) is 0 Å². The van der Waals surface area contributed by atoms with Gasteiger partial charge in [0.05, 0.1) is 5.60 Å². The van der Waals surface area contributed by atoms with Crippen molar-refractivity contribution in [3.05, 3.63) is 48.6 Å². The van der Waals surface area contributed by atoms with Crippen molar-refractivity contribution in [2.24, 2.45) is 0 Å². The van der Waals surface area contributed by atoms with Gasteiger partial charge in [0.25, 0.3) is 0 Å². The van der Waals surface area contributed by atoms with Gasteiger partial charge in [-0.3, -0.25) is 12.2 Å². The molecule has 93 valence electrons. The molecular formula is C14H20ClOZr. The van der Waals surface area contributed by atoms with Crippen LogP contribution in [0.2, 0.25) is 0 Å². The van der Waals surface area contributed by atoms with Gasteiger partial charge in [-0.05, 0) is 20.8 Å². The van der Waals surface area contributed by atoms with Gasteiger partial charge in [-0.25, -0.2) is 24.3 Å². The molecule has 1 N–H and O–H groups in total. The maximum atomic E-state index is 8.52. The largest absolute Gasteiger partial charge is 3.00 e. The fourth-order valence-corrected chi connectivity index (χ4v) is 0.680. The predicted octanol–water partition coefficient (Wildman–Crippen LogP) is 0.390. The minimum atomic E-state index is -0.500. The molecule has 0 spiro atoms. The normalized spacial score (nSPS) is 13.9. The first-order valence-electron chi connectivity index (χ1n) is 5.16. The van der Waals surface area contributed by atoms with Crippen LogP contribution in [0.25, 0.3) is 0 Å². The fraction of sp³-hybridized carbons (Fsp3) is 0.429. The van der Waals surface area contributed by atoms with Crippen molar-refractivity contribution < 1.29 is 43.7 Å². The van der Waals surface area contributed by atoms with Crippen molar-refractivity contribution in [3.8, 4) is 0 Å². The van der Waals surface area contributed by atoms with Gasteiger partial charge in [0.2, 0.25) is 0 Å². The van der Waals surface area contributed by atoms with Crippen LogP contribution < -0.4 is 12.4 Å². The molecule has 0 saturated carbocycles. The van der Waals surface area contributed by atoms with Crippen molar-refractivity contribution in [2.45, 2.75) is 39.2 Å². The van der Waals surface area contributed by atoms with E-state index in [1.807, 2.05) is 24.3 Å². The Bertz CT molecular complexity index is 212. The van der Waals surface area contributed by atoms with Crippen molar-refractivity contribution in [1.82, 2.24) is 0 Å². The average Bonchev–Trinajstić information content (AvgIpc) is 2.81. The number of hydrogen-bond acceptors (Lipinski definition) is 1. The second-order valence-electron chi connectivity index (χ2n) is 4.18. The van der Waals surface area contributed by atoms with Crippen molar-refractivity contribution >= 4 is 0 Å². The standard InChI is InChI=1S/2C5H5.C4H10O.ClH.Zr/c2*1-2-4-5-3-1;1-4(2,3)5;;/h2*1-3H,4H2;5H,1-3H3;1H;/q2*-1;;;+3/p-1. The molecule has 17 heavy (non-hydrogen) atoms. The number of allylic oxidation sites excluding steroid dienone is 8. The predicted molar refractivity (Wildman–Crippen MR) is 65.1 cm³/mol. The third-order valence-electron chi connectivity index (χ3n) is 1.17. The Morgan fingerprint density at radius 2 is 1.24 bits per heavy atom. The molecule has 0 aromatic heterocycles. The molecule has 1 nitrogen and oxygen atoms in total. The Balaban J connectivity index is -0.000000163. The molecule has 0 aromatic carbocycles. The van der Waals surface area contributed by atoms with Gasteiger partial charge in [0.1, 0.15) is 0 Å². The summed E-state index contributed by atoms with van der Waals surface area (Å²) in [6.07, 6.45) is 20.0. The quantitative estimate of drug-likeness (QED) is 0.637. The van der Waals surface area contributed by atoms with E-state index >= 15 is 0 Å². The molecule has 0 bridgehead atoms. The van der Waals surface area contributed by atoms with Crippen LogP contribution in [0.5, 0.6) is 0 Å². The molecule has 0 amide bonds. The summed E-state index contributed by atoms with van der Waals surface area (Å²) in [5, 5.41) is 8.52. The Hall–Kier alpha value is 0.0931. The zero-order valence-corrected chi connectivity index (χ0v) is 13.9. The molecule has 0 aliphatic heterocycles. The van der Waals surface area contributed by atoms with E-state index in [9.17, 15) is 0 Å². The Morgan fingerprint density at radius 1 is 0.941 bits per heavy atom. The maximum absolute atomic E-state index is 8.52. The van der Waals surface area contributed by atoms with Crippen molar-refractivity contribution in [3.63, 3.8) is 0 Å². The van der Waals surface area contributed by atoms with Crippen LogP contribution in [-0.4, -0.2) is 10.7 Å². The molecule has 2 aliphatic rings. The van der Waals surface area contributed by atoms with Crippen molar-refractivity contribution in [2.75, 3.05) is 0 Å². The van der Waals surface area contributed by atoms with Crippen LogP contribution in [0.4, 0.5) is 0 Å². The van der Waals surface area contributed by atoms with E-state index in [0.717, 1.165) is 12.8 Å². The van der Waals surface area contributed by atoms with E-state index in [2.05, 4.69) is 24.3 Å².